The van der Waals surface area contributed by atoms with Gasteiger partial charge < -0.3 is 10.1 Å². The second-order valence-corrected chi connectivity index (χ2v) is 7.65. The molecule has 0 bridgehead atoms. The molecule has 1 atom stereocenters. The van der Waals surface area contributed by atoms with Crippen molar-refractivity contribution in [1.29, 1.82) is 0 Å². The van der Waals surface area contributed by atoms with Crippen LogP contribution in [0.25, 0.3) is 0 Å². The Morgan fingerprint density at radius 3 is 2.39 bits per heavy atom. The van der Waals surface area contributed by atoms with Gasteiger partial charge in [-0.1, -0.05) is 55.0 Å². The van der Waals surface area contributed by atoms with Gasteiger partial charge in [0.05, 0.1) is 12.2 Å². The number of benzene rings is 2. The molecule has 0 saturated heterocycles. The summed E-state index contributed by atoms with van der Waals surface area (Å²) in [5.41, 5.74) is 3.17. The van der Waals surface area contributed by atoms with Crippen LogP contribution in [0.3, 0.4) is 0 Å². The fourth-order valence-corrected chi connectivity index (χ4v) is 3.98. The molecule has 1 N–H and O–H groups in total. The van der Waals surface area contributed by atoms with Crippen LogP contribution in [-0.2, 0) is 4.74 Å². The molecule has 3 rings (SSSR count). The van der Waals surface area contributed by atoms with Gasteiger partial charge in [-0.05, 0) is 37.6 Å². The number of aryl methyl sites for hydroxylation is 1. The fraction of sp³-hybridized carbons (Fsp3) is 0.217. The number of esters is 1. The summed E-state index contributed by atoms with van der Waals surface area (Å²) < 4.78 is 5.19. The number of anilines is 1. The lowest BCUT2D eigenvalue weighted by atomic mass is 9.99. The smallest absolute Gasteiger partial charge is 0.341 e. The number of hydrogen-bond donors (Lipinski definition) is 1. The van der Waals surface area contributed by atoms with Crippen molar-refractivity contribution in [2.24, 2.45) is 0 Å². The van der Waals surface area contributed by atoms with E-state index in [1.54, 1.807) is 19.1 Å². The number of carbonyl (C=O) groups is 2. The van der Waals surface area contributed by atoms with Gasteiger partial charge in [0, 0.05) is 16.4 Å². The van der Waals surface area contributed by atoms with Gasteiger partial charge in [0.1, 0.15) is 5.00 Å². The van der Waals surface area contributed by atoms with Gasteiger partial charge in [0.2, 0.25) is 0 Å². The molecule has 0 aliphatic carbocycles. The van der Waals surface area contributed by atoms with Crippen molar-refractivity contribution in [2.45, 2.75) is 26.7 Å². The lowest BCUT2D eigenvalue weighted by Gasteiger charge is -2.09. The van der Waals surface area contributed by atoms with Crippen molar-refractivity contribution in [3.63, 3.8) is 0 Å². The number of amides is 1. The van der Waals surface area contributed by atoms with E-state index >= 15 is 0 Å². The zero-order valence-electron chi connectivity index (χ0n) is 16.2. The van der Waals surface area contributed by atoms with Gasteiger partial charge in [0.15, 0.2) is 0 Å². The highest BCUT2D eigenvalue weighted by Gasteiger charge is 2.22. The van der Waals surface area contributed by atoms with Crippen LogP contribution in [0.4, 0.5) is 5.00 Å². The van der Waals surface area contributed by atoms with Crippen LogP contribution in [0.2, 0.25) is 0 Å². The molecule has 28 heavy (non-hydrogen) atoms. The van der Waals surface area contributed by atoms with Crippen LogP contribution in [0.15, 0.2) is 60.7 Å². The molecule has 0 saturated carbocycles. The quantitative estimate of drug-likeness (QED) is 0.552. The summed E-state index contributed by atoms with van der Waals surface area (Å²) in [6, 6.07) is 19.2. The molecule has 1 amide bonds. The first-order valence-corrected chi connectivity index (χ1v) is 10.0. The van der Waals surface area contributed by atoms with E-state index in [9.17, 15) is 9.59 Å². The Kier molecular flexibility index (Phi) is 6.26. The third-order valence-corrected chi connectivity index (χ3v) is 5.75. The normalized spacial score (nSPS) is 11.7. The minimum absolute atomic E-state index is 0.101. The maximum absolute atomic E-state index is 12.7. The zero-order chi connectivity index (χ0) is 20.1. The van der Waals surface area contributed by atoms with Crippen molar-refractivity contribution < 1.29 is 14.3 Å². The van der Waals surface area contributed by atoms with Gasteiger partial charge >= 0.3 is 5.97 Å². The summed E-state index contributed by atoms with van der Waals surface area (Å²) in [7, 11) is 0. The van der Waals surface area contributed by atoms with E-state index in [4.69, 9.17) is 4.74 Å². The van der Waals surface area contributed by atoms with Crippen molar-refractivity contribution in [3.8, 4) is 0 Å². The topological polar surface area (TPSA) is 55.4 Å². The van der Waals surface area contributed by atoms with E-state index in [0.717, 1.165) is 16.0 Å². The van der Waals surface area contributed by atoms with E-state index < -0.39 is 5.97 Å². The molecule has 0 fully saturated rings. The third kappa shape index (κ3) is 4.49. The van der Waals surface area contributed by atoms with Crippen LogP contribution < -0.4 is 5.32 Å². The van der Waals surface area contributed by atoms with Gasteiger partial charge in [-0.3, -0.25) is 4.79 Å². The van der Waals surface area contributed by atoms with Gasteiger partial charge in [0.25, 0.3) is 5.91 Å². The molecule has 2 aromatic carbocycles. The average Bonchev–Trinajstić information content (AvgIpc) is 3.12. The maximum Gasteiger partial charge on any atom is 0.341 e. The highest BCUT2D eigenvalue weighted by Crippen LogP contribution is 2.36. The van der Waals surface area contributed by atoms with Gasteiger partial charge in [-0.2, -0.15) is 0 Å². The summed E-state index contributed by atoms with van der Waals surface area (Å²) in [6.45, 7) is 6.10. The Morgan fingerprint density at radius 2 is 1.75 bits per heavy atom. The predicted molar refractivity (Wildman–Crippen MR) is 113 cm³/mol. The van der Waals surface area contributed by atoms with Crippen molar-refractivity contribution in [1.82, 2.24) is 0 Å². The van der Waals surface area contributed by atoms with Crippen LogP contribution in [-0.4, -0.2) is 18.5 Å². The number of rotatable bonds is 6. The molecular weight excluding hydrogens is 370 g/mol. The minimum Gasteiger partial charge on any atom is -0.462 e. The summed E-state index contributed by atoms with van der Waals surface area (Å²) >= 11 is 1.41. The van der Waals surface area contributed by atoms with Gasteiger partial charge in [-0.15, -0.1) is 11.3 Å². The Labute approximate surface area is 169 Å². The summed E-state index contributed by atoms with van der Waals surface area (Å²) in [4.78, 5) is 26.1. The van der Waals surface area contributed by atoms with E-state index in [2.05, 4.69) is 24.4 Å². The molecule has 1 aromatic heterocycles. The largest absolute Gasteiger partial charge is 0.462 e. The molecule has 5 heteroatoms. The second-order valence-electron chi connectivity index (χ2n) is 6.56. The van der Waals surface area contributed by atoms with Crippen LogP contribution in [0.1, 0.15) is 56.5 Å². The van der Waals surface area contributed by atoms with E-state index in [-0.39, 0.29) is 18.4 Å². The highest BCUT2D eigenvalue weighted by molar-refractivity contribution is 7.16. The van der Waals surface area contributed by atoms with Crippen molar-refractivity contribution >= 4 is 28.2 Å². The highest BCUT2D eigenvalue weighted by atomic mass is 32.1. The van der Waals surface area contributed by atoms with E-state index in [1.807, 2.05) is 43.3 Å². The number of carbonyl (C=O) groups excluding carboxylic acids is 2. The number of hydrogen-bond acceptors (Lipinski definition) is 4. The first kappa shape index (κ1) is 19.8. The van der Waals surface area contributed by atoms with Crippen LogP contribution in [0.5, 0.6) is 0 Å². The average molecular weight is 394 g/mol. The minimum atomic E-state index is -0.426. The SMILES string of the molecule is CCOC(=O)c1cc([C@@H](C)c2ccccc2)sc1NC(=O)c1ccc(C)cc1. The molecule has 0 aliphatic heterocycles. The summed E-state index contributed by atoms with van der Waals surface area (Å²) in [6.07, 6.45) is 0. The lowest BCUT2D eigenvalue weighted by Crippen LogP contribution is -2.14. The molecular formula is C23H23NO3S. The molecule has 0 radical (unpaired) electrons. The zero-order valence-corrected chi connectivity index (χ0v) is 17.0. The number of nitrogens with one attached hydrogen (secondary N) is 1. The van der Waals surface area contributed by atoms with Gasteiger partial charge in [-0.25, -0.2) is 4.79 Å². The molecule has 0 spiro atoms. The third-order valence-electron chi connectivity index (χ3n) is 4.51. The Bertz CT molecular complexity index is 961. The second kappa shape index (κ2) is 8.85. The maximum atomic E-state index is 12.7. The first-order valence-electron chi connectivity index (χ1n) is 9.23. The fourth-order valence-electron chi connectivity index (χ4n) is 2.86. The van der Waals surface area contributed by atoms with Crippen LogP contribution in [0, 0.1) is 6.92 Å². The summed E-state index contributed by atoms with van der Waals surface area (Å²) in [5.74, 6) is -0.569. The summed E-state index contributed by atoms with van der Waals surface area (Å²) in [5, 5.41) is 3.41. The van der Waals surface area contributed by atoms with Crippen molar-refractivity contribution in [3.05, 3.63) is 87.8 Å². The monoisotopic (exact) mass is 393 g/mol. The first-order chi connectivity index (χ1) is 13.5. The molecule has 0 aliphatic rings. The standard InChI is InChI=1S/C23H23NO3S/c1-4-27-23(26)19-14-20(16(3)17-8-6-5-7-9-17)28-22(19)24-21(25)18-12-10-15(2)11-13-18/h5-14,16H,4H2,1-3H3,(H,24,25)/t16-/m0/s1. The lowest BCUT2D eigenvalue weighted by molar-refractivity contribution is 0.0528. The predicted octanol–water partition coefficient (Wildman–Crippen LogP) is 5.64. The van der Waals surface area contributed by atoms with E-state index in [0.29, 0.717) is 16.1 Å². The molecule has 3 aromatic rings. The Morgan fingerprint density at radius 1 is 1.07 bits per heavy atom. The number of thiophene rings is 1. The molecule has 144 valence electrons. The number of ether oxygens (including phenoxy) is 1. The van der Waals surface area contributed by atoms with Crippen LogP contribution >= 0.6 is 11.3 Å². The Hall–Kier alpha value is -2.92. The molecule has 0 unspecified atom stereocenters. The Balaban J connectivity index is 1.92. The van der Waals surface area contributed by atoms with Crippen molar-refractivity contribution in [2.75, 3.05) is 11.9 Å². The molecule has 1 heterocycles. The molecule has 4 nitrogen and oxygen atoms in total. The van der Waals surface area contributed by atoms with E-state index in [1.165, 1.54) is 11.3 Å².